The number of carboxylic acid groups (broad SMARTS) is 1. The van der Waals surface area contributed by atoms with E-state index in [1.165, 1.54) is 6.08 Å². The van der Waals surface area contributed by atoms with Gasteiger partial charge in [-0.05, 0) is 18.2 Å². The number of halogens is 1. The Balaban J connectivity index is 2.41. The van der Waals surface area contributed by atoms with E-state index in [2.05, 4.69) is 0 Å². The Bertz CT molecular complexity index is 680. The minimum absolute atomic E-state index is 0.166. The molecule has 0 bridgehead atoms. The number of aliphatic hydroxyl groups is 1. The molecule has 0 aliphatic rings. The van der Waals surface area contributed by atoms with Crippen LogP contribution in [-0.2, 0) is 11.4 Å². The Kier molecular flexibility index (Phi) is 4.98. The standard InChI is InChI=1S/C16H13ClO4/c17-13-6-3-5-11(8-9-15(19)20)16(13)21-14-7-2-1-4-12(14)10-18/h1-9,18H,10H2,(H,19,20)/b9-8+. The summed E-state index contributed by atoms with van der Waals surface area (Å²) in [5, 5.41) is 18.4. The third-order valence-electron chi connectivity index (χ3n) is 2.76. The maximum Gasteiger partial charge on any atom is 0.328 e. The summed E-state index contributed by atoms with van der Waals surface area (Å²) in [6, 6.07) is 12.1. The number of aliphatic carboxylic acids is 1. The Hall–Kier alpha value is -2.30. The summed E-state index contributed by atoms with van der Waals surface area (Å²) in [6.07, 6.45) is 2.42. The van der Waals surface area contributed by atoms with Crippen molar-refractivity contribution in [3.63, 3.8) is 0 Å². The molecule has 0 aromatic heterocycles. The van der Waals surface area contributed by atoms with Gasteiger partial charge in [-0.25, -0.2) is 4.79 Å². The second-order valence-electron chi connectivity index (χ2n) is 4.20. The van der Waals surface area contributed by atoms with Crippen molar-refractivity contribution in [3.05, 3.63) is 64.7 Å². The van der Waals surface area contributed by atoms with Gasteiger partial charge >= 0.3 is 5.97 Å². The van der Waals surface area contributed by atoms with Gasteiger partial charge in [0.25, 0.3) is 0 Å². The maximum absolute atomic E-state index is 10.6. The summed E-state index contributed by atoms with van der Waals surface area (Å²) in [5.74, 6) is -0.243. The first-order valence-corrected chi connectivity index (χ1v) is 6.55. The summed E-state index contributed by atoms with van der Waals surface area (Å²) in [7, 11) is 0. The molecule has 2 N–H and O–H groups in total. The van der Waals surface area contributed by atoms with Crippen LogP contribution in [0.2, 0.25) is 5.02 Å². The fourth-order valence-electron chi connectivity index (χ4n) is 1.77. The lowest BCUT2D eigenvalue weighted by molar-refractivity contribution is -0.131. The maximum atomic E-state index is 10.6. The van der Waals surface area contributed by atoms with Gasteiger partial charge in [-0.2, -0.15) is 0 Å². The summed E-state index contributed by atoms with van der Waals surface area (Å²) >= 11 is 6.12. The van der Waals surface area contributed by atoms with Crippen LogP contribution in [0.5, 0.6) is 11.5 Å². The molecular formula is C16H13ClO4. The number of benzene rings is 2. The van der Waals surface area contributed by atoms with Gasteiger partial charge in [-0.15, -0.1) is 0 Å². The van der Waals surface area contributed by atoms with E-state index in [1.807, 2.05) is 0 Å². The lowest BCUT2D eigenvalue weighted by Crippen LogP contribution is -1.94. The SMILES string of the molecule is O=C(O)/C=C/c1cccc(Cl)c1Oc1ccccc1CO. The number of hydrogen-bond acceptors (Lipinski definition) is 3. The van der Waals surface area contributed by atoms with Crippen molar-refractivity contribution in [1.29, 1.82) is 0 Å². The van der Waals surface area contributed by atoms with Crippen LogP contribution in [0, 0.1) is 0 Å². The van der Waals surface area contributed by atoms with Gasteiger partial charge in [0.05, 0.1) is 11.6 Å². The minimum Gasteiger partial charge on any atom is -0.478 e. The van der Waals surface area contributed by atoms with Gasteiger partial charge in [0, 0.05) is 17.2 Å². The number of carbonyl (C=O) groups is 1. The monoisotopic (exact) mass is 304 g/mol. The van der Waals surface area contributed by atoms with Crippen LogP contribution in [0.15, 0.2) is 48.5 Å². The van der Waals surface area contributed by atoms with E-state index in [-0.39, 0.29) is 6.61 Å². The fourth-order valence-corrected chi connectivity index (χ4v) is 1.99. The van der Waals surface area contributed by atoms with Gasteiger partial charge < -0.3 is 14.9 Å². The molecule has 108 valence electrons. The Morgan fingerprint density at radius 3 is 2.67 bits per heavy atom. The van der Waals surface area contributed by atoms with E-state index in [4.69, 9.17) is 21.4 Å². The van der Waals surface area contributed by atoms with Crippen LogP contribution in [0.25, 0.3) is 6.08 Å². The zero-order valence-electron chi connectivity index (χ0n) is 11.0. The van der Waals surface area contributed by atoms with Crippen LogP contribution in [0.4, 0.5) is 0 Å². The molecule has 0 atom stereocenters. The highest BCUT2D eigenvalue weighted by Gasteiger charge is 2.10. The molecule has 21 heavy (non-hydrogen) atoms. The van der Waals surface area contributed by atoms with E-state index in [9.17, 15) is 9.90 Å². The number of ether oxygens (including phenoxy) is 1. The molecule has 5 heteroatoms. The summed E-state index contributed by atoms with van der Waals surface area (Å²) < 4.78 is 5.76. The molecule has 4 nitrogen and oxygen atoms in total. The minimum atomic E-state index is -1.06. The molecule has 0 saturated heterocycles. The van der Waals surface area contributed by atoms with Gasteiger partial charge in [-0.1, -0.05) is 41.9 Å². The van der Waals surface area contributed by atoms with Gasteiger partial charge in [0.15, 0.2) is 5.75 Å². The Morgan fingerprint density at radius 1 is 1.19 bits per heavy atom. The summed E-state index contributed by atoms with van der Waals surface area (Å²) in [5.41, 5.74) is 1.16. The second-order valence-corrected chi connectivity index (χ2v) is 4.60. The topological polar surface area (TPSA) is 66.8 Å². The smallest absolute Gasteiger partial charge is 0.328 e. The Morgan fingerprint density at radius 2 is 1.95 bits per heavy atom. The number of carboxylic acids is 1. The van der Waals surface area contributed by atoms with Gasteiger partial charge in [-0.3, -0.25) is 0 Å². The highest BCUT2D eigenvalue weighted by Crippen LogP contribution is 2.35. The molecule has 0 spiro atoms. The van der Waals surface area contributed by atoms with Crippen LogP contribution < -0.4 is 4.74 Å². The van der Waals surface area contributed by atoms with E-state index < -0.39 is 5.97 Å². The summed E-state index contributed by atoms with van der Waals surface area (Å²) in [6.45, 7) is -0.166. The van der Waals surface area contributed by atoms with E-state index in [0.717, 1.165) is 6.08 Å². The third-order valence-corrected chi connectivity index (χ3v) is 3.06. The van der Waals surface area contributed by atoms with E-state index >= 15 is 0 Å². The molecule has 0 radical (unpaired) electrons. The van der Waals surface area contributed by atoms with Crippen LogP contribution >= 0.6 is 11.6 Å². The average molecular weight is 305 g/mol. The molecule has 2 aromatic carbocycles. The van der Waals surface area contributed by atoms with Crippen molar-refractivity contribution in [2.75, 3.05) is 0 Å². The first kappa shape index (κ1) is 15.1. The third kappa shape index (κ3) is 3.84. The fraction of sp³-hybridized carbons (Fsp3) is 0.0625. The van der Waals surface area contributed by atoms with Crippen molar-refractivity contribution in [3.8, 4) is 11.5 Å². The quantitative estimate of drug-likeness (QED) is 0.826. The largest absolute Gasteiger partial charge is 0.478 e. The molecule has 2 rings (SSSR count). The van der Waals surface area contributed by atoms with Crippen molar-refractivity contribution in [2.24, 2.45) is 0 Å². The van der Waals surface area contributed by atoms with Crippen LogP contribution in [0.1, 0.15) is 11.1 Å². The molecule has 0 saturated carbocycles. The van der Waals surface area contributed by atoms with Gasteiger partial charge in [0.1, 0.15) is 5.75 Å². The van der Waals surface area contributed by atoms with Crippen molar-refractivity contribution < 1.29 is 19.7 Å². The zero-order chi connectivity index (χ0) is 15.2. The average Bonchev–Trinajstić information content (AvgIpc) is 2.48. The first-order valence-electron chi connectivity index (χ1n) is 6.18. The lowest BCUT2D eigenvalue weighted by atomic mass is 10.1. The van der Waals surface area contributed by atoms with E-state index in [1.54, 1.807) is 42.5 Å². The molecule has 0 aliphatic carbocycles. The highest BCUT2D eigenvalue weighted by molar-refractivity contribution is 6.32. The molecular weight excluding hydrogens is 292 g/mol. The molecule has 0 aliphatic heterocycles. The van der Waals surface area contributed by atoms with Crippen molar-refractivity contribution in [2.45, 2.75) is 6.61 Å². The molecule has 0 heterocycles. The van der Waals surface area contributed by atoms with Crippen LogP contribution in [-0.4, -0.2) is 16.2 Å². The van der Waals surface area contributed by atoms with Crippen molar-refractivity contribution in [1.82, 2.24) is 0 Å². The van der Waals surface area contributed by atoms with Gasteiger partial charge in [0.2, 0.25) is 0 Å². The summed E-state index contributed by atoms with van der Waals surface area (Å²) in [4.78, 5) is 10.6. The molecule has 0 amide bonds. The molecule has 2 aromatic rings. The predicted octanol–water partition coefficient (Wildman–Crippen LogP) is 3.72. The van der Waals surface area contributed by atoms with Crippen LogP contribution in [0.3, 0.4) is 0 Å². The van der Waals surface area contributed by atoms with E-state index in [0.29, 0.717) is 27.6 Å². The number of aliphatic hydroxyl groups excluding tert-OH is 1. The number of hydrogen-bond donors (Lipinski definition) is 2. The predicted molar refractivity (Wildman–Crippen MR) is 80.6 cm³/mol. The Labute approximate surface area is 126 Å². The zero-order valence-corrected chi connectivity index (χ0v) is 11.7. The molecule has 0 fully saturated rings. The number of rotatable bonds is 5. The second kappa shape index (κ2) is 6.92. The number of para-hydroxylation sites is 2. The highest BCUT2D eigenvalue weighted by atomic mass is 35.5. The van der Waals surface area contributed by atoms with Crippen molar-refractivity contribution >= 4 is 23.6 Å². The first-order chi connectivity index (χ1) is 10.1. The lowest BCUT2D eigenvalue weighted by Gasteiger charge is -2.13. The molecule has 0 unspecified atom stereocenters. The normalized spacial score (nSPS) is 10.8.